The van der Waals surface area contributed by atoms with E-state index in [1.165, 1.54) is 23.4 Å². The van der Waals surface area contributed by atoms with E-state index in [1.807, 2.05) is 12.1 Å². The molecule has 2 aromatic rings. The van der Waals surface area contributed by atoms with E-state index in [4.69, 9.17) is 23.2 Å². The summed E-state index contributed by atoms with van der Waals surface area (Å²) in [5, 5.41) is 0.605. The van der Waals surface area contributed by atoms with Gasteiger partial charge in [0.05, 0.1) is 10.6 Å². The third kappa shape index (κ3) is 2.51. The van der Waals surface area contributed by atoms with Crippen LogP contribution in [0.5, 0.6) is 0 Å². The summed E-state index contributed by atoms with van der Waals surface area (Å²) in [6.07, 6.45) is 2.27. The number of fused-ring (bicyclic) bond motifs is 1. The fourth-order valence-corrected chi connectivity index (χ4v) is 2.76. The molecular weight excluding hydrogens is 295 g/mol. The van der Waals surface area contributed by atoms with Crippen molar-refractivity contribution in [1.29, 1.82) is 0 Å². The minimum absolute atomic E-state index is 0.103. The Hall–Kier alpha value is -1.58. The van der Waals surface area contributed by atoms with Crippen molar-refractivity contribution in [2.24, 2.45) is 0 Å². The molecule has 0 atom stereocenters. The second-order valence-corrected chi connectivity index (χ2v) is 5.53. The van der Waals surface area contributed by atoms with E-state index >= 15 is 0 Å². The zero-order valence-electron chi connectivity index (χ0n) is 10.6. The molecule has 5 heteroatoms. The first-order valence-electron chi connectivity index (χ1n) is 6.32. The zero-order chi connectivity index (χ0) is 14.1. The molecule has 0 saturated heterocycles. The predicted octanol–water partition coefficient (Wildman–Crippen LogP) is 3.59. The Kier molecular flexibility index (Phi) is 3.64. The standard InChI is InChI=1S/C15H12Cl2N2O/c16-13-8-18-14(17)7-12(13)15(20)19-6-5-10-3-1-2-4-11(10)9-19/h1-4,7-8H,5-6,9H2. The van der Waals surface area contributed by atoms with E-state index in [-0.39, 0.29) is 11.1 Å². The van der Waals surface area contributed by atoms with Crippen molar-refractivity contribution in [3.8, 4) is 0 Å². The average Bonchev–Trinajstić information content (AvgIpc) is 2.48. The summed E-state index contributed by atoms with van der Waals surface area (Å²) in [4.78, 5) is 18.2. The molecule has 0 saturated carbocycles. The van der Waals surface area contributed by atoms with Crippen LogP contribution in [0.15, 0.2) is 36.5 Å². The molecule has 0 N–H and O–H groups in total. The number of carbonyl (C=O) groups excluding carboxylic acids is 1. The fourth-order valence-electron chi connectivity index (χ4n) is 2.42. The molecule has 0 bridgehead atoms. The van der Waals surface area contributed by atoms with Gasteiger partial charge in [-0.05, 0) is 23.6 Å². The van der Waals surface area contributed by atoms with Gasteiger partial charge in [-0.15, -0.1) is 0 Å². The Morgan fingerprint density at radius 3 is 2.75 bits per heavy atom. The number of nitrogens with zero attached hydrogens (tertiary/aromatic N) is 2. The summed E-state index contributed by atoms with van der Waals surface area (Å²) < 4.78 is 0. The molecule has 1 amide bonds. The molecule has 0 radical (unpaired) electrons. The smallest absolute Gasteiger partial charge is 0.255 e. The van der Waals surface area contributed by atoms with Gasteiger partial charge in [-0.1, -0.05) is 47.5 Å². The first-order chi connectivity index (χ1) is 9.65. The fraction of sp³-hybridized carbons (Fsp3) is 0.200. The van der Waals surface area contributed by atoms with Gasteiger partial charge in [-0.2, -0.15) is 0 Å². The highest BCUT2D eigenvalue weighted by molar-refractivity contribution is 6.35. The van der Waals surface area contributed by atoms with Crippen LogP contribution in [0.1, 0.15) is 21.5 Å². The van der Waals surface area contributed by atoms with Crippen molar-refractivity contribution in [2.45, 2.75) is 13.0 Å². The molecule has 0 spiro atoms. The second-order valence-electron chi connectivity index (χ2n) is 4.73. The highest BCUT2D eigenvalue weighted by atomic mass is 35.5. The molecule has 1 aliphatic rings. The maximum Gasteiger partial charge on any atom is 0.255 e. The van der Waals surface area contributed by atoms with E-state index in [0.717, 1.165) is 6.42 Å². The van der Waals surface area contributed by atoms with Crippen LogP contribution >= 0.6 is 23.2 Å². The molecule has 3 nitrogen and oxygen atoms in total. The SMILES string of the molecule is O=C(c1cc(Cl)ncc1Cl)N1CCc2ccccc2C1. The maximum atomic E-state index is 12.5. The number of rotatable bonds is 1. The van der Waals surface area contributed by atoms with Gasteiger partial charge in [0.15, 0.2) is 0 Å². The van der Waals surface area contributed by atoms with Gasteiger partial charge in [-0.25, -0.2) is 4.98 Å². The predicted molar refractivity (Wildman–Crippen MR) is 79.1 cm³/mol. The van der Waals surface area contributed by atoms with E-state index < -0.39 is 0 Å². The van der Waals surface area contributed by atoms with Crippen molar-refractivity contribution >= 4 is 29.1 Å². The number of aromatic nitrogens is 1. The molecular formula is C15H12Cl2N2O. The van der Waals surface area contributed by atoms with Gasteiger partial charge in [-0.3, -0.25) is 4.79 Å². The molecule has 102 valence electrons. The largest absolute Gasteiger partial charge is 0.334 e. The van der Waals surface area contributed by atoms with Crippen molar-refractivity contribution in [3.05, 3.63) is 63.4 Å². The Balaban J connectivity index is 1.88. The minimum Gasteiger partial charge on any atom is -0.334 e. The van der Waals surface area contributed by atoms with Crippen LogP contribution in [0.25, 0.3) is 0 Å². The summed E-state index contributed by atoms with van der Waals surface area (Å²) in [6, 6.07) is 9.69. The maximum absolute atomic E-state index is 12.5. The van der Waals surface area contributed by atoms with Gasteiger partial charge in [0.2, 0.25) is 0 Å². The lowest BCUT2D eigenvalue weighted by molar-refractivity contribution is 0.0735. The van der Waals surface area contributed by atoms with Crippen molar-refractivity contribution in [2.75, 3.05) is 6.54 Å². The molecule has 1 aromatic carbocycles. The highest BCUT2D eigenvalue weighted by Gasteiger charge is 2.23. The lowest BCUT2D eigenvalue weighted by Crippen LogP contribution is -2.36. The second kappa shape index (κ2) is 5.43. The van der Waals surface area contributed by atoms with Crippen LogP contribution in [0.2, 0.25) is 10.2 Å². The van der Waals surface area contributed by atoms with Crippen molar-refractivity contribution in [3.63, 3.8) is 0 Å². The van der Waals surface area contributed by atoms with Crippen LogP contribution in [0.3, 0.4) is 0 Å². The average molecular weight is 307 g/mol. The molecule has 0 aliphatic carbocycles. The van der Waals surface area contributed by atoms with Gasteiger partial charge in [0.1, 0.15) is 5.15 Å². The van der Waals surface area contributed by atoms with E-state index in [0.29, 0.717) is 23.7 Å². The van der Waals surface area contributed by atoms with E-state index in [1.54, 1.807) is 4.90 Å². The quantitative estimate of drug-likeness (QED) is 0.754. The first kappa shape index (κ1) is 13.4. The van der Waals surface area contributed by atoms with Crippen LogP contribution in [0.4, 0.5) is 0 Å². The molecule has 1 aliphatic heterocycles. The summed E-state index contributed by atoms with van der Waals surface area (Å²) in [5.74, 6) is -0.103. The van der Waals surface area contributed by atoms with Crippen molar-refractivity contribution < 1.29 is 4.79 Å². The number of pyridine rings is 1. The Morgan fingerprint density at radius 1 is 1.20 bits per heavy atom. The Labute approximate surface area is 127 Å². The first-order valence-corrected chi connectivity index (χ1v) is 7.08. The van der Waals surface area contributed by atoms with Gasteiger partial charge < -0.3 is 4.90 Å². The lowest BCUT2D eigenvalue weighted by atomic mass is 9.99. The number of amides is 1. The third-order valence-corrected chi connectivity index (χ3v) is 3.98. The number of halogens is 2. The van der Waals surface area contributed by atoms with Crippen LogP contribution in [-0.4, -0.2) is 22.3 Å². The number of hydrogen-bond donors (Lipinski definition) is 0. The van der Waals surface area contributed by atoms with Crippen LogP contribution < -0.4 is 0 Å². The molecule has 20 heavy (non-hydrogen) atoms. The lowest BCUT2D eigenvalue weighted by Gasteiger charge is -2.29. The van der Waals surface area contributed by atoms with Crippen LogP contribution in [-0.2, 0) is 13.0 Å². The monoisotopic (exact) mass is 306 g/mol. The molecule has 0 unspecified atom stereocenters. The van der Waals surface area contributed by atoms with E-state index in [9.17, 15) is 4.79 Å². The number of benzene rings is 1. The van der Waals surface area contributed by atoms with E-state index in [2.05, 4.69) is 17.1 Å². The molecule has 3 rings (SSSR count). The summed E-state index contributed by atoms with van der Waals surface area (Å²) in [6.45, 7) is 1.29. The molecule has 1 aromatic heterocycles. The summed E-state index contributed by atoms with van der Waals surface area (Å²) in [5.41, 5.74) is 2.89. The minimum atomic E-state index is -0.103. The Morgan fingerprint density at radius 2 is 1.95 bits per heavy atom. The van der Waals surface area contributed by atoms with Crippen LogP contribution in [0, 0.1) is 0 Å². The zero-order valence-corrected chi connectivity index (χ0v) is 12.2. The Bertz CT molecular complexity index is 673. The topological polar surface area (TPSA) is 33.2 Å². The number of carbonyl (C=O) groups is 1. The summed E-state index contributed by atoms with van der Waals surface area (Å²) in [7, 11) is 0. The molecule has 0 fully saturated rings. The van der Waals surface area contributed by atoms with Gasteiger partial charge >= 0.3 is 0 Å². The third-order valence-electron chi connectivity index (χ3n) is 3.47. The van der Waals surface area contributed by atoms with Gasteiger partial charge in [0.25, 0.3) is 5.91 Å². The van der Waals surface area contributed by atoms with Crippen molar-refractivity contribution in [1.82, 2.24) is 9.88 Å². The van der Waals surface area contributed by atoms with Gasteiger partial charge in [0, 0.05) is 19.3 Å². The number of hydrogen-bond acceptors (Lipinski definition) is 2. The normalized spacial score (nSPS) is 14.0. The molecule has 2 heterocycles. The highest BCUT2D eigenvalue weighted by Crippen LogP contribution is 2.24. The summed E-state index contributed by atoms with van der Waals surface area (Å²) >= 11 is 11.9.